The Morgan fingerprint density at radius 3 is 2.72 bits per heavy atom. The molecule has 0 radical (unpaired) electrons. The standard InChI is InChI=1S/C19H14BrClN2O2/c20-16-7-8-18(17(21)10-16)25-12-19(24)23-22-11-13-5-6-14-3-1-2-4-15(14)9-13/h1-11H,12H2,(H,23,24). The second kappa shape index (κ2) is 8.14. The SMILES string of the molecule is O=C(COc1ccc(Br)cc1Cl)NN=Cc1ccc2ccccc2c1. The van der Waals surface area contributed by atoms with E-state index in [1.54, 1.807) is 24.4 Å². The van der Waals surface area contributed by atoms with E-state index in [9.17, 15) is 4.79 Å². The predicted octanol–water partition coefficient (Wildman–Crippen LogP) is 4.78. The summed E-state index contributed by atoms with van der Waals surface area (Å²) in [4.78, 5) is 11.8. The highest BCUT2D eigenvalue weighted by Crippen LogP contribution is 2.27. The van der Waals surface area contributed by atoms with Crippen molar-refractivity contribution in [3.05, 3.63) is 75.7 Å². The number of fused-ring (bicyclic) bond motifs is 1. The fourth-order valence-electron chi connectivity index (χ4n) is 2.23. The zero-order valence-corrected chi connectivity index (χ0v) is 15.4. The molecular weight excluding hydrogens is 404 g/mol. The van der Waals surface area contributed by atoms with Crippen LogP contribution in [0.1, 0.15) is 5.56 Å². The maximum atomic E-state index is 11.8. The molecule has 0 saturated heterocycles. The van der Waals surface area contributed by atoms with Crippen molar-refractivity contribution >= 4 is 50.4 Å². The molecule has 4 nitrogen and oxygen atoms in total. The molecule has 0 bridgehead atoms. The number of carbonyl (C=O) groups is 1. The Morgan fingerprint density at radius 1 is 1.12 bits per heavy atom. The lowest BCUT2D eigenvalue weighted by Gasteiger charge is -2.07. The van der Waals surface area contributed by atoms with E-state index in [4.69, 9.17) is 16.3 Å². The minimum atomic E-state index is -0.365. The first-order chi connectivity index (χ1) is 12.1. The van der Waals surface area contributed by atoms with Gasteiger partial charge < -0.3 is 4.74 Å². The highest BCUT2D eigenvalue weighted by molar-refractivity contribution is 9.10. The van der Waals surface area contributed by atoms with Crippen LogP contribution in [0.4, 0.5) is 0 Å². The lowest BCUT2D eigenvalue weighted by Crippen LogP contribution is -2.24. The van der Waals surface area contributed by atoms with Crippen molar-refractivity contribution in [1.82, 2.24) is 5.43 Å². The van der Waals surface area contributed by atoms with Gasteiger partial charge in [-0.05, 0) is 40.6 Å². The molecule has 3 aromatic carbocycles. The molecule has 25 heavy (non-hydrogen) atoms. The molecule has 0 spiro atoms. The molecule has 0 aliphatic rings. The molecular formula is C19H14BrClN2O2. The van der Waals surface area contributed by atoms with Crippen LogP contribution in [0.5, 0.6) is 5.75 Å². The van der Waals surface area contributed by atoms with Crippen molar-refractivity contribution < 1.29 is 9.53 Å². The molecule has 3 aromatic rings. The van der Waals surface area contributed by atoms with Crippen molar-refractivity contribution in [2.75, 3.05) is 6.61 Å². The normalized spacial score (nSPS) is 11.0. The Balaban J connectivity index is 1.54. The Kier molecular flexibility index (Phi) is 5.68. The molecule has 0 saturated carbocycles. The van der Waals surface area contributed by atoms with Gasteiger partial charge >= 0.3 is 0 Å². The third kappa shape index (κ3) is 4.81. The van der Waals surface area contributed by atoms with Crippen LogP contribution in [-0.2, 0) is 4.79 Å². The number of nitrogens with zero attached hydrogens (tertiary/aromatic N) is 1. The second-order valence-corrected chi connectivity index (χ2v) is 6.59. The number of carbonyl (C=O) groups excluding carboxylic acids is 1. The fourth-order valence-corrected chi connectivity index (χ4v) is 2.96. The van der Waals surface area contributed by atoms with Crippen LogP contribution in [0.3, 0.4) is 0 Å². The van der Waals surface area contributed by atoms with Crippen molar-refractivity contribution in [3.63, 3.8) is 0 Å². The molecule has 0 fully saturated rings. The van der Waals surface area contributed by atoms with E-state index in [0.29, 0.717) is 10.8 Å². The van der Waals surface area contributed by atoms with E-state index in [1.807, 2.05) is 42.5 Å². The summed E-state index contributed by atoms with van der Waals surface area (Å²) >= 11 is 9.34. The zero-order chi connectivity index (χ0) is 17.6. The molecule has 0 aromatic heterocycles. The Hall–Kier alpha value is -2.37. The van der Waals surface area contributed by atoms with E-state index >= 15 is 0 Å². The molecule has 0 unspecified atom stereocenters. The summed E-state index contributed by atoms with van der Waals surface area (Å²) in [6.45, 7) is -0.170. The van der Waals surface area contributed by atoms with Crippen molar-refractivity contribution in [2.45, 2.75) is 0 Å². The number of hydrogen-bond donors (Lipinski definition) is 1. The average molecular weight is 418 g/mol. The zero-order valence-electron chi connectivity index (χ0n) is 13.1. The molecule has 1 N–H and O–H groups in total. The lowest BCUT2D eigenvalue weighted by atomic mass is 10.1. The maximum absolute atomic E-state index is 11.8. The van der Waals surface area contributed by atoms with E-state index < -0.39 is 0 Å². The number of hydrogen-bond acceptors (Lipinski definition) is 3. The van der Waals surface area contributed by atoms with Gasteiger partial charge in [0.15, 0.2) is 6.61 Å². The van der Waals surface area contributed by atoms with Gasteiger partial charge in [0.25, 0.3) is 5.91 Å². The summed E-state index contributed by atoms with van der Waals surface area (Å²) in [6, 6.07) is 19.2. The van der Waals surface area contributed by atoms with Gasteiger partial charge in [0.2, 0.25) is 0 Å². The highest BCUT2D eigenvalue weighted by Gasteiger charge is 2.05. The van der Waals surface area contributed by atoms with Gasteiger partial charge in [-0.25, -0.2) is 5.43 Å². The first-order valence-electron chi connectivity index (χ1n) is 7.50. The minimum absolute atomic E-state index is 0.170. The Bertz CT molecular complexity index is 944. The third-order valence-electron chi connectivity index (χ3n) is 3.43. The summed E-state index contributed by atoms with van der Waals surface area (Å²) in [7, 11) is 0. The molecule has 6 heteroatoms. The summed E-state index contributed by atoms with van der Waals surface area (Å²) in [6.07, 6.45) is 1.59. The van der Waals surface area contributed by atoms with Crippen LogP contribution >= 0.6 is 27.5 Å². The van der Waals surface area contributed by atoms with Crippen LogP contribution in [0.15, 0.2) is 70.2 Å². The van der Waals surface area contributed by atoms with Gasteiger partial charge in [-0.1, -0.05) is 63.9 Å². The number of amides is 1. The van der Waals surface area contributed by atoms with E-state index in [2.05, 4.69) is 26.5 Å². The smallest absolute Gasteiger partial charge is 0.277 e. The highest BCUT2D eigenvalue weighted by atomic mass is 79.9. The number of halogens is 2. The van der Waals surface area contributed by atoms with E-state index in [1.165, 1.54) is 0 Å². The number of rotatable bonds is 5. The number of hydrazone groups is 1. The minimum Gasteiger partial charge on any atom is -0.482 e. The number of ether oxygens (including phenoxy) is 1. The van der Waals surface area contributed by atoms with Crippen molar-refractivity contribution in [2.24, 2.45) is 5.10 Å². The largest absolute Gasteiger partial charge is 0.482 e. The van der Waals surface area contributed by atoms with Crippen LogP contribution in [0, 0.1) is 0 Å². The lowest BCUT2D eigenvalue weighted by molar-refractivity contribution is -0.123. The van der Waals surface area contributed by atoms with Crippen LogP contribution < -0.4 is 10.2 Å². The van der Waals surface area contributed by atoms with E-state index in [-0.39, 0.29) is 12.5 Å². The molecule has 3 rings (SSSR count). The molecule has 0 aliphatic heterocycles. The number of benzene rings is 3. The van der Waals surface area contributed by atoms with Gasteiger partial charge in [0, 0.05) is 4.47 Å². The summed E-state index contributed by atoms with van der Waals surface area (Å²) < 4.78 is 6.22. The monoisotopic (exact) mass is 416 g/mol. The number of nitrogens with one attached hydrogen (secondary N) is 1. The van der Waals surface area contributed by atoms with Crippen molar-refractivity contribution in [3.8, 4) is 5.75 Å². The molecule has 0 aliphatic carbocycles. The van der Waals surface area contributed by atoms with Gasteiger partial charge in [0.05, 0.1) is 11.2 Å². The van der Waals surface area contributed by atoms with Crippen LogP contribution in [0.2, 0.25) is 5.02 Å². The Labute approximate surface area is 158 Å². The Morgan fingerprint density at radius 2 is 1.92 bits per heavy atom. The molecule has 0 heterocycles. The molecule has 1 amide bonds. The van der Waals surface area contributed by atoms with Crippen LogP contribution in [0.25, 0.3) is 10.8 Å². The third-order valence-corrected chi connectivity index (χ3v) is 4.22. The van der Waals surface area contributed by atoms with Gasteiger partial charge in [0.1, 0.15) is 5.75 Å². The fraction of sp³-hybridized carbons (Fsp3) is 0.0526. The van der Waals surface area contributed by atoms with Crippen LogP contribution in [-0.4, -0.2) is 18.7 Å². The molecule has 0 atom stereocenters. The second-order valence-electron chi connectivity index (χ2n) is 5.26. The molecule has 126 valence electrons. The summed E-state index contributed by atoms with van der Waals surface area (Å²) in [5.74, 6) is 0.0783. The van der Waals surface area contributed by atoms with Gasteiger partial charge in [-0.3, -0.25) is 4.79 Å². The van der Waals surface area contributed by atoms with Gasteiger partial charge in [-0.15, -0.1) is 0 Å². The summed E-state index contributed by atoms with van der Waals surface area (Å²) in [5, 5.41) is 6.66. The summed E-state index contributed by atoms with van der Waals surface area (Å²) in [5.41, 5.74) is 3.33. The predicted molar refractivity (Wildman–Crippen MR) is 104 cm³/mol. The topological polar surface area (TPSA) is 50.7 Å². The van der Waals surface area contributed by atoms with Crippen molar-refractivity contribution in [1.29, 1.82) is 0 Å². The first kappa shape index (κ1) is 17.5. The maximum Gasteiger partial charge on any atom is 0.277 e. The quantitative estimate of drug-likeness (QED) is 0.479. The average Bonchev–Trinajstić information content (AvgIpc) is 2.61. The first-order valence-corrected chi connectivity index (χ1v) is 8.67. The van der Waals surface area contributed by atoms with E-state index in [0.717, 1.165) is 20.8 Å². The van der Waals surface area contributed by atoms with Gasteiger partial charge in [-0.2, -0.15) is 5.10 Å².